The number of phenolic OH excluding ortho intramolecular Hbond substituents is 2. The van der Waals surface area contributed by atoms with Crippen molar-refractivity contribution in [3.63, 3.8) is 0 Å². The Hall–Kier alpha value is -7.20. The molecule has 334 valence electrons. The highest BCUT2D eigenvalue weighted by atomic mass is 16.6. The van der Waals surface area contributed by atoms with Gasteiger partial charge in [-0.25, -0.2) is 29.0 Å². The number of benzene rings is 3. The minimum atomic E-state index is -1.91. The standard InChI is InChI=1S/C49H49N7O9/c1-5-31-33-20-30(8-9-38(33)50-43-35(31)24-55-40(43)22-37-36(45(55)59)25-64-46(60)49(37,63)6-2)65-48(62)54-16-12-27(13-17-54)11-15-53-18-14-28-19-29(7-10-39(28)53)56-44(51-52-47(56)61)34-21-32(26(3)4)41(57)23-42(34)58/h7-10,14,18-23,26-27,57-58,63H,5-6,11-13,15-17,24-25H2,1-4H3,(H,52,61). The van der Waals surface area contributed by atoms with Crippen LogP contribution in [0.3, 0.4) is 0 Å². The first-order chi connectivity index (χ1) is 31.3. The Morgan fingerprint density at radius 1 is 0.985 bits per heavy atom. The van der Waals surface area contributed by atoms with E-state index >= 15 is 0 Å². The number of hydrogen-bond acceptors (Lipinski definition) is 11. The van der Waals surface area contributed by atoms with Crippen molar-refractivity contribution in [3.8, 4) is 45.7 Å². The van der Waals surface area contributed by atoms with E-state index in [0.717, 1.165) is 53.2 Å². The van der Waals surface area contributed by atoms with Crippen LogP contribution in [0, 0.1) is 5.92 Å². The lowest BCUT2D eigenvalue weighted by atomic mass is 9.86. The van der Waals surface area contributed by atoms with Crippen molar-refractivity contribution in [2.45, 2.75) is 91.0 Å². The first kappa shape index (κ1) is 41.8. The third-order valence-electron chi connectivity index (χ3n) is 13.7. The number of esters is 1. The maximum Gasteiger partial charge on any atom is 0.415 e. The fourth-order valence-corrected chi connectivity index (χ4v) is 9.97. The fourth-order valence-electron chi connectivity index (χ4n) is 9.97. The molecule has 4 aromatic heterocycles. The van der Waals surface area contributed by atoms with E-state index in [0.29, 0.717) is 64.9 Å². The number of carbonyl (C=O) groups is 2. The summed E-state index contributed by atoms with van der Waals surface area (Å²) in [7, 11) is 0. The van der Waals surface area contributed by atoms with Gasteiger partial charge in [0.05, 0.1) is 40.3 Å². The molecule has 0 spiro atoms. The van der Waals surface area contributed by atoms with Gasteiger partial charge >= 0.3 is 17.8 Å². The number of fused-ring (bicyclic) bond motifs is 6. The zero-order valence-electron chi connectivity index (χ0n) is 36.6. The van der Waals surface area contributed by atoms with Crippen LogP contribution in [-0.2, 0) is 41.2 Å². The monoisotopic (exact) mass is 879 g/mol. The molecule has 0 radical (unpaired) electrons. The minimum Gasteiger partial charge on any atom is -0.508 e. The van der Waals surface area contributed by atoms with Gasteiger partial charge in [0.15, 0.2) is 11.4 Å². The molecule has 16 nitrogen and oxygen atoms in total. The summed E-state index contributed by atoms with van der Waals surface area (Å²) in [5.41, 5.74) is 4.15. The van der Waals surface area contributed by atoms with Crippen LogP contribution in [0.5, 0.6) is 17.2 Å². The van der Waals surface area contributed by atoms with Crippen LogP contribution < -0.4 is 16.0 Å². The van der Waals surface area contributed by atoms with E-state index in [1.807, 2.05) is 63.4 Å². The van der Waals surface area contributed by atoms with Crippen LogP contribution in [0.25, 0.3) is 50.3 Å². The van der Waals surface area contributed by atoms with E-state index in [4.69, 9.17) is 14.5 Å². The predicted molar refractivity (Wildman–Crippen MR) is 241 cm³/mol. The van der Waals surface area contributed by atoms with E-state index in [2.05, 4.69) is 14.8 Å². The van der Waals surface area contributed by atoms with Gasteiger partial charge in [-0.3, -0.25) is 4.79 Å². The second-order valence-corrected chi connectivity index (χ2v) is 17.7. The van der Waals surface area contributed by atoms with Crippen molar-refractivity contribution in [1.29, 1.82) is 0 Å². The van der Waals surface area contributed by atoms with Gasteiger partial charge in [0.25, 0.3) is 5.56 Å². The number of H-pyrrole nitrogens is 1. The van der Waals surface area contributed by atoms with E-state index in [-0.39, 0.29) is 59.5 Å². The number of pyridine rings is 2. The number of aromatic hydroxyl groups is 2. The van der Waals surface area contributed by atoms with E-state index in [1.165, 1.54) is 10.6 Å². The Labute approximate surface area is 372 Å². The number of nitrogens with zero attached hydrogens (tertiary/aromatic N) is 6. The number of likely N-dealkylation sites (tertiary alicyclic amines) is 1. The van der Waals surface area contributed by atoms with Crippen LogP contribution in [0.15, 0.2) is 76.4 Å². The first-order valence-electron chi connectivity index (χ1n) is 22.2. The number of phenols is 2. The predicted octanol–water partition coefficient (Wildman–Crippen LogP) is 6.97. The third-order valence-corrected chi connectivity index (χ3v) is 13.7. The number of hydrogen-bond donors (Lipinski definition) is 4. The Balaban J connectivity index is 0.795. The smallest absolute Gasteiger partial charge is 0.415 e. The SMILES string of the molecule is CCc1c2c(nc3ccc(OC(=O)N4CCC(CCn5ccc6cc(-n7c(-c8cc(C(C)C)c(O)cc8O)n[nH]c7=O)ccc65)CC4)cc13)-c1cc3c(c(=O)n1C2)COC(=O)C3(O)CC. The molecule has 4 N–H and O–H groups in total. The van der Waals surface area contributed by atoms with Gasteiger partial charge in [0.1, 0.15) is 23.9 Å². The molecule has 1 atom stereocenters. The van der Waals surface area contributed by atoms with Crippen molar-refractivity contribution in [1.82, 2.24) is 33.8 Å². The molecule has 1 unspecified atom stereocenters. The van der Waals surface area contributed by atoms with Crippen molar-refractivity contribution in [2.24, 2.45) is 5.92 Å². The molecule has 1 saturated heterocycles. The summed E-state index contributed by atoms with van der Waals surface area (Å²) in [6.07, 6.45) is 4.91. The highest BCUT2D eigenvalue weighted by Crippen LogP contribution is 2.42. The molecular formula is C49H49N7O9. The number of aromatic amines is 1. The van der Waals surface area contributed by atoms with Crippen molar-refractivity contribution < 1.29 is 34.4 Å². The lowest BCUT2D eigenvalue weighted by molar-refractivity contribution is -0.172. The molecule has 0 saturated carbocycles. The van der Waals surface area contributed by atoms with Gasteiger partial charge in [0.2, 0.25) is 0 Å². The van der Waals surface area contributed by atoms with E-state index in [9.17, 15) is 34.5 Å². The molecule has 65 heavy (non-hydrogen) atoms. The average Bonchev–Trinajstić information content (AvgIpc) is 4.00. The molecule has 3 aliphatic rings. The van der Waals surface area contributed by atoms with Crippen molar-refractivity contribution >= 4 is 33.9 Å². The summed E-state index contributed by atoms with van der Waals surface area (Å²) in [4.78, 5) is 59.6. The number of aliphatic hydroxyl groups is 1. The summed E-state index contributed by atoms with van der Waals surface area (Å²) >= 11 is 0. The normalized spacial score (nSPS) is 17.1. The summed E-state index contributed by atoms with van der Waals surface area (Å²) in [6, 6.07) is 17.8. The maximum atomic E-state index is 13.7. The van der Waals surface area contributed by atoms with E-state index < -0.39 is 23.4 Å². The molecule has 16 heteroatoms. The second kappa shape index (κ2) is 15.8. The Bertz CT molecular complexity index is 3230. The third kappa shape index (κ3) is 6.85. The Morgan fingerprint density at radius 3 is 2.54 bits per heavy atom. The van der Waals surface area contributed by atoms with Crippen LogP contribution in [-0.4, -0.2) is 74.3 Å². The summed E-state index contributed by atoms with van der Waals surface area (Å²) in [5.74, 6) is 0.0650. The minimum absolute atomic E-state index is 0.0184. The van der Waals surface area contributed by atoms with Gasteiger partial charge in [-0.2, -0.15) is 5.10 Å². The fraction of sp³-hybridized carbons (Fsp3) is 0.347. The highest BCUT2D eigenvalue weighted by Gasteiger charge is 2.45. The molecule has 10 rings (SSSR count). The zero-order valence-corrected chi connectivity index (χ0v) is 36.6. The van der Waals surface area contributed by atoms with Gasteiger partial charge in [-0.15, -0.1) is 0 Å². The van der Waals surface area contributed by atoms with Gasteiger partial charge in [-0.05, 0) is 110 Å². The number of piperidine rings is 1. The molecule has 3 aliphatic heterocycles. The van der Waals surface area contributed by atoms with Crippen LogP contribution in [0.1, 0.15) is 87.1 Å². The number of amides is 1. The molecule has 1 amide bonds. The Morgan fingerprint density at radius 2 is 1.78 bits per heavy atom. The van der Waals surface area contributed by atoms with Crippen LogP contribution >= 0.6 is 0 Å². The van der Waals surface area contributed by atoms with Crippen molar-refractivity contribution in [3.05, 3.63) is 116 Å². The average molecular weight is 880 g/mol. The summed E-state index contributed by atoms with van der Waals surface area (Å²) < 4.78 is 16.4. The molecule has 1 fully saturated rings. The number of carbonyl (C=O) groups excluding carboxylic acids is 2. The number of cyclic esters (lactones) is 1. The van der Waals surface area contributed by atoms with Crippen molar-refractivity contribution in [2.75, 3.05) is 13.1 Å². The van der Waals surface area contributed by atoms with E-state index in [1.54, 1.807) is 34.6 Å². The molecule has 0 aliphatic carbocycles. The summed E-state index contributed by atoms with van der Waals surface area (Å²) in [6.45, 7) is 9.58. The van der Waals surface area contributed by atoms with Gasteiger partial charge < -0.3 is 38.8 Å². The van der Waals surface area contributed by atoms with Crippen LogP contribution in [0.4, 0.5) is 4.79 Å². The number of aromatic nitrogens is 6. The van der Waals surface area contributed by atoms with Gasteiger partial charge in [-0.1, -0.05) is 27.7 Å². The first-order valence-corrected chi connectivity index (χ1v) is 22.2. The van der Waals surface area contributed by atoms with Gasteiger partial charge in [0, 0.05) is 59.3 Å². The molecular weight excluding hydrogens is 831 g/mol. The highest BCUT2D eigenvalue weighted by molar-refractivity contribution is 5.90. The number of aryl methyl sites for hydroxylation is 2. The lowest BCUT2D eigenvalue weighted by Crippen LogP contribution is -2.44. The zero-order chi connectivity index (χ0) is 45.5. The lowest BCUT2D eigenvalue weighted by Gasteiger charge is -2.31. The molecule has 0 bridgehead atoms. The Kier molecular flexibility index (Phi) is 10.2. The van der Waals surface area contributed by atoms with Crippen LogP contribution in [0.2, 0.25) is 0 Å². The topological polar surface area (TPSA) is 207 Å². The summed E-state index contributed by atoms with van der Waals surface area (Å²) in [5, 5.41) is 40.9. The second-order valence-electron chi connectivity index (χ2n) is 17.7. The molecule has 7 aromatic rings. The quantitative estimate of drug-likeness (QED) is 0.109. The number of rotatable bonds is 9. The number of ether oxygens (including phenoxy) is 2. The molecule has 7 heterocycles. The molecule has 3 aromatic carbocycles. The maximum absolute atomic E-state index is 13.7. The number of nitrogens with one attached hydrogen (secondary N) is 1. The largest absolute Gasteiger partial charge is 0.508 e.